The third kappa shape index (κ3) is 9.69. The first-order valence-electron chi connectivity index (χ1n) is 7.61. The van der Waals surface area contributed by atoms with Crippen LogP contribution in [0.2, 0.25) is 0 Å². The first kappa shape index (κ1) is 16.2. The molecule has 0 aliphatic carbocycles. The van der Waals surface area contributed by atoms with Gasteiger partial charge in [0.25, 0.3) is 0 Å². The van der Waals surface area contributed by atoms with Crippen molar-refractivity contribution in [1.82, 2.24) is 5.32 Å². The summed E-state index contributed by atoms with van der Waals surface area (Å²) in [5, 5.41) is 3.43. The molecule has 0 aliphatic heterocycles. The van der Waals surface area contributed by atoms with Crippen molar-refractivity contribution in [2.45, 2.75) is 39.5 Å². The molecule has 0 fully saturated rings. The van der Waals surface area contributed by atoms with Crippen molar-refractivity contribution in [3.63, 3.8) is 0 Å². The van der Waals surface area contributed by atoms with Crippen LogP contribution in [0.1, 0.15) is 38.7 Å². The zero-order valence-electron chi connectivity index (χ0n) is 12.5. The molecule has 0 bridgehead atoms. The Balaban J connectivity index is 1.81. The molecule has 19 heavy (non-hydrogen) atoms. The maximum atomic E-state index is 5.56. The summed E-state index contributed by atoms with van der Waals surface area (Å²) in [6.45, 7) is 8.27. The van der Waals surface area contributed by atoms with Gasteiger partial charge in [-0.15, -0.1) is 0 Å². The van der Waals surface area contributed by atoms with Gasteiger partial charge in [0.1, 0.15) is 0 Å². The third-order valence-corrected chi connectivity index (χ3v) is 3.17. The largest absolute Gasteiger partial charge is 0.380 e. The van der Waals surface area contributed by atoms with Crippen LogP contribution in [0.25, 0.3) is 0 Å². The minimum atomic E-state index is 0.742. The highest BCUT2D eigenvalue weighted by Gasteiger charge is 1.95. The van der Waals surface area contributed by atoms with Gasteiger partial charge in [0.2, 0.25) is 0 Å². The fourth-order valence-corrected chi connectivity index (χ4v) is 1.91. The zero-order valence-corrected chi connectivity index (χ0v) is 12.5. The van der Waals surface area contributed by atoms with Gasteiger partial charge in [0, 0.05) is 13.2 Å². The Morgan fingerprint density at radius 3 is 2.53 bits per heavy atom. The minimum absolute atomic E-state index is 0.742. The number of rotatable bonds is 11. The van der Waals surface area contributed by atoms with Gasteiger partial charge >= 0.3 is 0 Å². The molecule has 1 aromatic carbocycles. The summed E-state index contributed by atoms with van der Waals surface area (Å²) in [5.74, 6) is 0.742. The van der Waals surface area contributed by atoms with Gasteiger partial charge < -0.3 is 10.1 Å². The van der Waals surface area contributed by atoms with Gasteiger partial charge in [-0.1, -0.05) is 44.2 Å². The van der Waals surface area contributed by atoms with E-state index >= 15 is 0 Å². The van der Waals surface area contributed by atoms with Gasteiger partial charge in [0.15, 0.2) is 0 Å². The van der Waals surface area contributed by atoms with Crippen LogP contribution < -0.4 is 5.32 Å². The maximum absolute atomic E-state index is 5.56. The number of benzene rings is 1. The average Bonchev–Trinajstić information content (AvgIpc) is 2.42. The topological polar surface area (TPSA) is 21.3 Å². The Labute approximate surface area is 118 Å². The lowest BCUT2D eigenvalue weighted by molar-refractivity contribution is 0.125. The van der Waals surface area contributed by atoms with Crippen molar-refractivity contribution in [2.75, 3.05) is 26.3 Å². The van der Waals surface area contributed by atoms with E-state index in [2.05, 4.69) is 49.5 Å². The molecule has 2 heteroatoms. The van der Waals surface area contributed by atoms with E-state index in [-0.39, 0.29) is 0 Å². The van der Waals surface area contributed by atoms with Gasteiger partial charge in [-0.2, -0.15) is 0 Å². The Morgan fingerprint density at radius 2 is 1.79 bits per heavy atom. The van der Waals surface area contributed by atoms with Gasteiger partial charge in [-0.05, 0) is 43.7 Å². The van der Waals surface area contributed by atoms with E-state index in [4.69, 9.17) is 4.74 Å². The third-order valence-electron chi connectivity index (χ3n) is 3.17. The van der Waals surface area contributed by atoms with Crippen LogP contribution in [0.4, 0.5) is 0 Å². The van der Waals surface area contributed by atoms with E-state index in [0.717, 1.165) is 38.6 Å². The first-order chi connectivity index (χ1) is 9.29. The molecule has 0 atom stereocenters. The van der Waals surface area contributed by atoms with Crippen LogP contribution in [0.5, 0.6) is 0 Å². The summed E-state index contributed by atoms with van der Waals surface area (Å²) in [6, 6.07) is 10.7. The number of nitrogens with one attached hydrogen (secondary N) is 1. The first-order valence-corrected chi connectivity index (χ1v) is 7.61. The Kier molecular flexibility index (Phi) is 9.38. The second-order valence-corrected chi connectivity index (χ2v) is 5.49. The fraction of sp³-hybridized carbons (Fsp3) is 0.647. The van der Waals surface area contributed by atoms with Crippen molar-refractivity contribution >= 4 is 0 Å². The Morgan fingerprint density at radius 1 is 1.00 bits per heavy atom. The highest BCUT2D eigenvalue weighted by molar-refractivity contribution is 5.14. The minimum Gasteiger partial charge on any atom is -0.380 e. The van der Waals surface area contributed by atoms with Crippen LogP contribution >= 0.6 is 0 Å². The molecule has 0 amide bonds. The molecule has 0 unspecified atom stereocenters. The molecule has 1 aromatic rings. The van der Waals surface area contributed by atoms with Crippen LogP contribution in [0.15, 0.2) is 30.3 Å². The molecular weight excluding hydrogens is 234 g/mol. The van der Waals surface area contributed by atoms with Crippen LogP contribution in [-0.4, -0.2) is 26.3 Å². The summed E-state index contributed by atoms with van der Waals surface area (Å²) in [5.41, 5.74) is 1.44. The normalized spacial score (nSPS) is 11.1. The summed E-state index contributed by atoms with van der Waals surface area (Å²) >= 11 is 0. The lowest BCUT2D eigenvalue weighted by atomic mass is 10.1. The number of hydrogen-bond donors (Lipinski definition) is 1. The SMILES string of the molecule is CC(C)CCOCCNCCCCc1ccccc1. The molecule has 2 nitrogen and oxygen atoms in total. The van der Waals surface area contributed by atoms with Gasteiger partial charge in [-0.25, -0.2) is 0 Å². The quantitative estimate of drug-likeness (QED) is 0.615. The standard InChI is InChI=1S/C17H29NO/c1-16(2)11-14-19-15-13-18-12-7-6-10-17-8-4-3-5-9-17/h3-5,8-9,16,18H,6-7,10-15H2,1-2H3. The molecule has 0 aromatic heterocycles. The Bertz CT molecular complexity index is 297. The molecule has 1 N–H and O–H groups in total. The van der Waals surface area contributed by atoms with E-state index in [9.17, 15) is 0 Å². The van der Waals surface area contributed by atoms with E-state index in [1.807, 2.05) is 0 Å². The van der Waals surface area contributed by atoms with Crippen molar-refractivity contribution in [2.24, 2.45) is 5.92 Å². The number of aryl methyl sites for hydroxylation is 1. The molecule has 0 aliphatic rings. The predicted octanol–water partition coefficient (Wildman–Crippen LogP) is 3.66. The summed E-state index contributed by atoms with van der Waals surface area (Å²) in [7, 11) is 0. The lowest BCUT2D eigenvalue weighted by Gasteiger charge is -2.07. The number of hydrogen-bond acceptors (Lipinski definition) is 2. The maximum Gasteiger partial charge on any atom is 0.0590 e. The molecule has 0 spiro atoms. The smallest absolute Gasteiger partial charge is 0.0590 e. The lowest BCUT2D eigenvalue weighted by Crippen LogP contribution is -2.21. The molecule has 0 saturated heterocycles. The van der Waals surface area contributed by atoms with Crippen LogP contribution in [-0.2, 0) is 11.2 Å². The predicted molar refractivity (Wildman–Crippen MR) is 82.5 cm³/mol. The summed E-state index contributed by atoms with van der Waals surface area (Å²) in [6.07, 6.45) is 4.84. The van der Waals surface area contributed by atoms with E-state index in [1.165, 1.54) is 24.8 Å². The van der Waals surface area contributed by atoms with Crippen LogP contribution in [0, 0.1) is 5.92 Å². The molecule has 0 radical (unpaired) electrons. The van der Waals surface area contributed by atoms with Crippen molar-refractivity contribution < 1.29 is 4.74 Å². The second-order valence-electron chi connectivity index (χ2n) is 5.49. The molecular formula is C17H29NO. The zero-order chi connectivity index (χ0) is 13.8. The molecule has 108 valence electrons. The summed E-state index contributed by atoms with van der Waals surface area (Å²) in [4.78, 5) is 0. The average molecular weight is 263 g/mol. The molecule has 0 saturated carbocycles. The molecule has 1 rings (SSSR count). The van der Waals surface area contributed by atoms with Crippen LogP contribution in [0.3, 0.4) is 0 Å². The van der Waals surface area contributed by atoms with Crippen molar-refractivity contribution in [1.29, 1.82) is 0 Å². The number of ether oxygens (including phenoxy) is 1. The Hall–Kier alpha value is -0.860. The van der Waals surface area contributed by atoms with Crippen molar-refractivity contribution in [3.05, 3.63) is 35.9 Å². The van der Waals surface area contributed by atoms with E-state index < -0.39 is 0 Å². The monoisotopic (exact) mass is 263 g/mol. The fourth-order valence-electron chi connectivity index (χ4n) is 1.91. The highest BCUT2D eigenvalue weighted by atomic mass is 16.5. The second kappa shape index (κ2) is 11.0. The van der Waals surface area contributed by atoms with E-state index in [0.29, 0.717) is 0 Å². The highest BCUT2D eigenvalue weighted by Crippen LogP contribution is 2.03. The molecule has 0 heterocycles. The van der Waals surface area contributed by atoms with Gasteiger partial charge in [-0.3, -0.25) is 0 Å². The van der Waals surface area contributed by atoms with Gasteiger partial charge in [0.05, 0.1) is 6.61 Å². The number of unbranched alkanes of at least 4 members (excludes halogenated alkanes) is 1. The summed E-state index contributed by atoms with van der Waals surface area (Å²) < 4.78 is 5.56. The van der Waals surface area contributed by atoms with Crippen molar-refractivity contribution in [3.8, 4) is 0 Å². The van der Waals surface area contributed by atoms with E-state index in [1.54, 1.807) is 0 Å².